The Labute approximate surface area is 117 Å². The molecule has 1 aliphatic rings. The minimum Gasteiger partial charge on any atom is -0.497 e. The highest BCUT2D eigenvalue weighted by Crippen LogP contribution is 2.21. The third-order valence-corrected chi connectivity index (χ3v) is 3.36. The summed E-state index contributed by atoms with van der Waals surface area (Å²) in [6.07, 6.45) is 1.98. The smallest absolute Gasteiger partial charge is 0.346 e. The Morgan fingerprint density at radius 3 is 2.80 bits per heavy atom. The second kappa shape index (κ2) is 5.32. The Morgan fingerprint density at radius 2 is 2.20 bits per heavy atom. The Morgan fingerprint density at radius 1 is 1.45 bits per heavy atom. The number of rotatable bonds is 4. The van der Waals surface area contributed by atoms with Crippen LogP contribution in [0.3, 0.4) is 0 Å². The van der Waals surface area contributed by atoms with Gasteiger partial charge in [0, 0.05) is 0 Å². The lowest BCUT2D eigenvalue weighted by atomic mass is 10.00. The predicted octanol–water partition coefficient (Wildman–Crippen LogP) is 1.75. The average molecular weight is 275 g/mol. The number of nitrogens with zero attached hydrogens (tertiary/aromatic N) is 2. The fourth-order valence-electron chi connectivity index (χ4n) is 1.86. The number of methoxy groups -OCH3 is 1. The normalized spacial score (nSPS) is 22.4. The first kappa shape index (κ1) is 14.0. The number of imide groups is 1. The highest BCUT2D eigenvalue weighted by molar-refractivity contribution is 6.07. The van der Waals surface area contributed by atoms with Crippen molar-refractivity contribution in [3.05, 3.63) is 29.8 Å². The number of ether oxygens (including phenoxy) is 1. The van der Waals surface area contributed by atoms with Crippen molar-refractivity contribution in [1.29, 1.82) is 0 Å². The number of carbonyl (C=O) groups excluding carboxylic acids is 2. The highest BCUT2D eigenvalue weighted by Gasteiger charge is 2.46. The first-order valence-corrected chi connectivity index (χ1v) is 6.35. The summed E-state index contributed by atoms with van der Waals surface area (Å²) in [5.41, 5.74) is -0.127. The molecule has 1 heterocycles. The van der Waals surface area contributed by atoms with Crippen LogP contribution < -0.4 is 10.1 Å². The zero-order valence-corrected chi connectivity index (χ0v) is 11.7. The van der Waals surface area contributed by atoms with Gasteiger partial charge in [-0.1, -0.05) is 19.1 Å². The van der Waals surface area contributed by atoms with Crippen LogP contribution in [-0.2, 0) is 4.79 Å². The molecule has 1 fully saturated rings. The molecule has 0 aromatic heterocycles. The van der Waals surface area contributed by atoms with Crippen LogP contribution in [0.4, 0.5) is 4.79 Å². The van der Waals surface area contributed by atoms with Gasteiger partial charge < -0.3 is 10.1 Å². The van der Waals surface area contributed by atoms with E-state index in [-0.39, 0.29) is 5.91 Å². The molecule has 106 valence electrons. The lowest BCUT2D eigenvalue weighted by molar-refractivity contribution is -0.130. The van der Waals surface area contributed by atoms with Gasteiger partial charge in [0.2, 0.25) is 0 Å². The van der Waals surface area contributed by atoms with Crippen molar-refractivity contribution in [2.75, 3.05) is 7.11 Å². The standard InChI is InChI=1S/C14H17N3O3/c1-4-14(2)12(18)17(13(19)16-14)15-9-10-6-5-7-11(8-10)20-3/h5-9H,4H2,1-3H3,(H,16,19)/b15-9-/t14-/m1/s1. The second-order valence-electron chi connectivity index (χ2n) is 4.75. The van der Waals surface area contributed by atoms with Crippen LogP contribution in [0.5, 0.6) is 5.75 Å². The van der Waals surface area contributed by atoms with E-state index in [2.05, 4.69) is 10.4 Å². The molecule has 1 atom stereocenters. The molecule has 6 heteroatoms. The molecule has 0 spiro atoms. The number of urea groups is 1. The van der Waals surface area contributed by atoms with Crippen LogP contribution in [0.2, 0.25) is 0 Å². The summed E-state index contributed by atoms with van der Waals surface area (Å²) in [6.45, 7) is 3.53. The van der Waals surface area contributed by atoms with E-state index < -0.39 is 11.6 Å². The quantitative estimate of drug-likeness (QED) is 0.672. The van der Waals surface area contributed by atoms with E-state index in [0.717, 1.165) is 10.6 Å². The molecule has 1 aromatic carbocycles. The van der Waals surface area contributed by atoms with Crippen LogP contribution >= 0.6 is 0 Å². The minimum absolute atomic E-state index is 0.343. The summed E-state index contributed by atoms with van der Waals surface area (Å²) in [5.74, 6) is 0.341. The van der Waals surface area contributed by atoms with Gasteiger partial charge in [-0.05, 0) is 31.0 Å². The van der Waals surface area contributed by atoms with Crippen LogP contribution in [-0.4, -0.2) is 35.8 Å². The van der Waals surface area contributed by atoms with Crippen LogP contribution in [0.1, 0.15) is 25.8 Å². The van der Waals surface area contributed by atoms with Crippen molar-refractivity contribution in [3.8, 4) is 5.75 Å². The number of nitrogens with one attached hydrogen (secondary N) is 1. The zero-order valence-electron chi connectivity index (χ0n) is 11.7. The van der Waals surface area contributed by atoms with Crippen molar-refractivity contribution >= 4 is 18.2 Å². The van der Waals surface area contributed by atoms with Gasteiger partial charge in [-0.25, -0.2) is 4.79 Å². The van der Waals surface area contributed by atoms with Gasteiger partial charge in [0.1, 0.15) is 11.3 Å². The fourth-order valence-corrected chi connectivity index (χ4v) is 1.86. The summed E-state index contributed by atoms with van der Waals surface area (Å²) in [6, 6.07) is 6.69. The molecule has 1 saturated heterocycles. The maximum Gasteiger partial charge on any atom is 0.346 e. The molecule has 2 rings (SSSR count). The third kappa shape index (κ3) is 2.49. The number of hydrogen-bond acceptors (Lipinski definition) is 4. The molecular formula is C14H17N3O3. The molecule has 0 unspecified atom stereocenters. The maximum atomic E-state index is 12.1. The van der Waals surface area contributed by atoms with Crippen LogP contribution in [0.15, 0.2) is 29.4 Å². The molecule has 1 aromatic rings. The fraction of sp³-hybridized carbons (Fsp3) is 0.357. The Bertz CT molecular complexity index is 571. The molecule has 3 amide bonds. The SMILES string of the molecule is CC[C@@]1(C)NC(=O)N(/N=C\c2cccc(OC)c2)C1=O. The number of carbonyl (C=O) groups is 2. The molecule has 1 aliphatic heterocycles. The average Bonchev–Trinajstić information content (AvgIpc) is 2.68. The number of amides is 3. The van der Waals surface area contributed by atoms with Gasteiger partial charge in [0.05, 0.1) is 13.3 Å². The molecule has 0 aliphatic carbocycles. The highest BCUT2D eigenvalue weighted by atomic mass is 16.5. The molecule has 1 N–H and O–H groups in total. The van der Waals surface area contributed by atoms with E-state index in [1.54, 1.807) is 26.2 Å². The van der Waals surface area contributed by atoms with Crippen molar-refractivity contribution < 1.29 is 14.3 Å². The van der Waals surface area contributed by atoms with E-state index in [4.69, 9.17) is 4.74 Å². The lowest BCUT2D eigenvalue weighted by Crippen LogP contribution is -2.42. The number of benzene rings is 1. The summed E-state index contributed by atoms with van der Waals surface area (Å²) in [4.78, 5) is 23.9. The monoisotopic (exact) mass is 275 g/mol. The maximum absolute atomic E-state index is 12.1. The van der Waals surface area contributed by atoms with Gasteiger partial charge in [0.25, 0.3) is 5.91 Å². The minimum atomic E-state index is -0.872. The predicted molar refractivity (Wildman–Crippen MR) is 74.7 cm³/mol. The van der Waals surface area contributed by atoms with Crippen molar-refractivity contribution in [2.24, 2.45) is 5.10 Å². The Hall–Kier alpha value is -2.37. The number of hydrazone groups is 1. The summed E-state index contributed by atoms with van der Waals surface area (Å²) < 4.78 is 5.10. The molecule has 0 radical (unpaired) electrons. The van der Waals surface area contributed by atoms with Crippen molar-refractivity contribution in [2.45, 2.75) is 25.8 Å². The molecule has 20 heavy (non-hydrogen) atoms. The molecule has 6 nitrogen and oxygen atoms in total. The van der Waals surface area contributed by atoms with E-state index in [1.807, 2.05) is 19.1 Å². The van der Waals surface area contributed by atoms with Gasteiger partial charge in [-0.2, -0.15) is 5.10 Å². The topological polar surface area (TPSA) is 71.0 Å². The first-order valence-electron chi connectivity index (χ1n) is 6.35. The van der Waals surface area contributed by atoms with Gasteiger partial charge in [-0.3, -0.25) is 4.79 Å². The first-order chi connectivity index (χ1) is 9.50. The van der Waals surface area contributed by atoms with E-state index in [1.165, 1.54) is 6.21 Å². The van der Waals surface area contributed by atoms with E-state index in [9.17, 15) is 9.59 Å². The van der Waals surface area contributed by atoms with E-state index >= 15 is 0 Å². The van der Waals surface area contributed by atoms with Crippen molar-refractivity contribution in [1.82, 2.24) is 10.3 Å². The summed E-state index contributed by atoms with van der Waals surface area (Å²) in [7, 11) is 1.57. The summed E-state index contributed by atoms with van der Waals surface area (Å²) in [5, 5.41) is 7.47. The van der Waals surface area contributed by atoms with Crippen molar-refractivity contribution in [3.63, 3.8) is 0 Å². The van der Waals surface area contributed by atoms with Gasteiger partial charge >= 0.3 is 6.03 Å². The molecule has 0 saturated carbocycles. The van der Waals surface area contributed by atoms with Gasteiger partial charge in [-0.15, -0.1) is 5.01 Å². The Balaban J connectivity index is 2.19. The van der Waals surface area contributed by atoms with Crippen LogP contribution in [0, 0.1) is 0 Å². The van der Waals surface area contributed by atoms with Gasteiger partial charge in [0.15, 0.2) is 0 Å². The van der Waals surface area contributed by atoms with Crippen LogP contribution in [0.25, 0.3) is 0 Å². The molecular weight excluding hydrogens is 258 g/mol. The van der Waals surface area contributed by atoms with E-state index in [0.29, 0.717) is 12.2 Å². The lowest BCUT2D eigenvalue weighted by Gasteiger charge is -2.17. The number of hydrogen-bond donors (Lipinski definition) is 1. The second-order valence-corrected chi connectivity index (χ2v) is 4.75. The Kier molecular flexibility index (Phi) is 3.74. The largest absolute Gasteiger partial charge is 0.497 e. The zero-order chi connectivity index (χ0) is 14.8. The third-order valence-electron chi connectivity index (χ3n) is 3.36. The molecule has 0 bridgehead atoms. The summed E-state index contributed by atoms with van der Waals surface area (Å²) >= 11 is 0.